The van der Waals surface area contributed by atoms with Gasteiger partial charge in [0, 0.05) is 0 Å². The second-order valence-corrected chi connectivity index (χ2v) is 1.79. The van der Waals surface area contributed by atoms with Gasteiger partial charge in [0.2, 0.25) is 0 Å². The fourth-order valence-electron chi connectivity index (χ4n) is 0.664. The van der Waals surface area contributed by atoms with Gasteiger partial charge in [-0.15, -0.1) is 0 Å². The summed E-state index contributed by atoms with van der Waals surface area (Å²) in [5.74, 6) is -0.267. The third-order valence-corrected chi connectivity index (χ3v) is 1.13. The fourth-order valence-corrected chi connectivity index (χ4v) is 0.664. The summed E-state index contributed by atoms with van der Waals surface area (Å²) < 4.78 is 12.2. The summed E-state index contributed by atoms with van der Waals surface area (Å²) in [7, 11) is 0. The molecule has 0 fully saturated rings. The van der Waals surface area contributed by atoms with Crippen molar-refractivity contribution in [3.8, 4) is 0 Å². The van der Waals surface area contributed by atoms with E-state index in [4.69, 9.17) is 5.73 Å². The van der Waals surface area contributed by atoms with Gasteiger partial charge in [-0.2, -0.15) is 0 Å². The second kappa shape index (κ2) is 1.99. The van der Waals surface area contributed by atoms with Gasteiger partial charge in [0.1, 0.15) is 5.83 Å². The van der Waals surface area contributed by atoms with Crippen LogP contribution in [0.4, 0.5) is 4.39 Å². The minimum absolute atomic E-state index is 0.267. The van der Waals surface area contributed by atoms with Gasteiger partial charge < -0.3 is 5.73 Å². The Bertz CT molecular complexity index is 129. The minimum Gasteiger partial charge on any atom is -0.397 e. The predicted molar refractivity (Wildman–Crippen MR) is 30.7 cm³/mol. The molecule has 0 atom stereocenters. The number of hydrogen-bond acceptors (Lipinski definition) is 1. The van der Waals surface area contributed by atoms with E-state index in [1.807, 2.05) is 0 Å². The molecular formula is C6H8FN. The molecule has 0 saturated heterocycles. The number of nitrogens with two attached hydrogens (primary N) is 1. The molecule has 0 unspecified atom stereocenters. The molecule has 0 aromatic carbocycles. The topological polar surface area (TPSA) is 26.0 Å². The van der Waals surface area contributed by atoms with Crippen LogP contribution in [0.1, 0.15) is 12.8 Å². The van der Waals surface area contributed by atoms with Crippen LogP contribution in [0.15, 0.2) is 23.7 Å². The Balaban J connectivity index is 2.73. The Morgan fingerprint density at radius 2 is 2.00 bits per heavy atom. The highest BCUT2D eigenvalue weighted by atomic mass is 19.1. The monoisotopic (exact) mass is 113 g/mol. The Morgan fingerprint density at radius 3 is 2.38 bits per heavy atom. The lowest BCUT2D eigenvalue weighted by Crippen LogP contribution is -2.00. The maximum absolute atomic E-state index is 12.2. The Labute approximate surface area is 47.7 Å². The van der Waals surface area contributed by atoms with Crippen LogP contribution in [0.25, 0.3) is 0 Å². The second-order valence-electron chi connectivity index (χ2n) is 1.79. The molecule has 1 aliphatic carbocycles. The zero-order valence-electron chi connectivity index (χ0n) is 4.52. The Kier molecular flexibility index (Phi) is 1.33. The zero-order valence-corrected chi connectivity index (χ0v) is 4.52. The third kappa shape index (κ3) is 0.886. The van der Waals surface area contributed by atoms with Crippen LogP contribution in [0.5, 0.6) is 0 Å². The smallest absolute Gasteiger partial charge is 0.141 e. The third-order valence-electron chi connectivity index (χ3n) is 1.13. The number of allylic oxidation sites excluding steroid dienone is 3. The molecule has 0 radical (unpaired) electrons. The summed E-state index contributed by atoms with van der Waals surface area (Å²) in [6, 6.07) is 0. The van der Waals surface area contributed by atoms with Gasteiger partial charge in [0.25, 0.3) is 0 Å². The molecule has 1 nitrogen and oxygen atoms in total. The van der Waals surface area contributed by atoms with Gasteiger partial charge >= 0.3 is 0 Å². The van der Waals surface area contributed by atoms with E-state index >= 15 is 0 Å². The largest absolute Gasteiger partial charge is 0.397 e. The average Bonchev–Trinajstić information content (AvgIpc) is 1.77. The summed E-state index contributed by atoms with van der Waals surface area (Å²) in [6.45, 7) is 0. The van der Waals surface area contributed by atoms with E-state index in [1.54, 1.807) is 6.08 Å². The Morgan fingerprint density at radius 1 is 1.38 bits per heavy atom. The molecule has 0 aromatic heterocycles. The molecule has 0 spiro atoms. The van der Waals surface area contributed by atoms with E-state index in [0.29, 0.717) is 0 Å². The molecule has 0 heterocycles. The minimum atomic E-state index is -0.267. The molecule has 0 bridgehead atoms. The highest BCUT2D eigenvalue weighted by Gasteiger charge is 2.01. The van der Waals surface area contributed by atoms with Crippen molar-refractivity contribution in [2.75, 3.05) is 0 Å². The van der Waals surface area contributed by atoms with E-state index in [-0.39, 0.29) is 11.5 Å². The summed E-state index contributed by atoms with van der Waals surface area (Å²) in [5, 5.41) is 0. The molecule has 0 aromatic rings. The highest BCUT2D eigenvalue weighted by Crippen LogP contribution is 2.14. The molecule has 1 aliphatic rings. The average molecular weight is 113 g/mol. The van der Waals surface area contributed by atoms with Crippen molar-refractivity contribution in [2.45, 2.75) is 12.8 Å². The van der Waals surface area contributed by atoms with Crippen LogP contribution < -0.4 is 5.73 Å². The van der Waals surface area contributed by atoms with E-state index in [1.165, 1.54) is 6.08 Å². The standard InChI is InChI=1S/C6H8FN/c7-5-3-1-2-4-6(5)8/h3-4H,1-2,8H2. The lowest BCUT2D eigenvalue weighted by Gasteiger charge is -2.01. The molecule has 44 valence electrons. The first-order valence-electron chi connectivity index (χ1n) is 2.62. The van der Waals surface area contributed by atoms with E-state index in [9.17, 15) is 4.39 Å². The number of halogens is 1. The SMILES string of the molecule is NC1=CCCC=C1F. The first kappa shape index (κ1) is 5.35. The van der Waals surface area contributed by atoms with Gasteiger partial charge in [-0.3, -0.25) is 0 Å². The maximum Gasteiger partial charge on any atom is 0.141 e. The van der Waals surface area contributed by atoms with Gasteiger partial charge in [0.05, 0.1) is 5.70 Å². The predicted octanol–water partition coefficient (Wildman–Crippen LogP) is 1.48. The van der Waals surface area contributed by atoms with E-state index in [2.05, 4.69) is 0 Å². The Hall–Kier alpha value is -0.790. The molecule has 8 heavy (non-hydrogen) atoms. The fraction of sp³-hybridized carbons (Fsp3) is 0.333. The normalized spacial score (nSPS) is 19.6. The molecule has 0 saturated carbocycles. The van der Waals surface area contributed by atoms with Crippen molar-refractivity contribution in [3.63, 3.8) is 0 Å². The lowest BCUT2D eigenvalue weighted by molar-refractivity contribution is 0.632. The van der Waals surface area contributed by atoms with Gasteiger partial charge in [0.15, 0.2) is 0 Å². The first-order chi connectivity index (χ1) is 3.80. The first-order valence-corrected chi connectivity index (χ1v) is 2.62. The van der Waals surface area contributed by atoms with Crippen molar-refractivity contribution < 1.29 is 4.39 Å². The van der Waals surface area contributed by atoms with Crippen LogP contribution >= 0.6 is 0 Å². The summed E-state index contributed by atoms with van der Waals surface area (Å²) >= 11 is 0. The number of rotatable bonds is 0. The molecule has 2 heteroatoms. The van der Waals surface area contributed by atoms with Crippen LogP contribution in [-0.4, -0.2) is 0 Å². The molecule has 1 rings (SSSR count). The van der Waals surface area contributed by atoms with Gasteiger partial charge in [-0.1, -0.05) is 6.08 Å². The summed E-state index contributed by atoms with van der Waals surface area (Å²) in [4.78, 5) is 0. The zero-order chi connectivity index (χ0) is 5.98. The van der Waals surface area contributed by atoms with E-state index in [0.717, 1.165) is 12.8 Å². The van der Waals surface area contributed by atoms with Crippen molar-refractivity contribution in [3.05, 3.63) is 23.7 Å². The van der Waals surface area contributed by atoms with Crippen LogP contribution in [0.3, 0.4) is 0 Å². The van der Waals surface area contributed by atoms with Crippen LogP contribution in [0.2, 0.25) is 0 Å². The van der Waals surface area contributed by atoms with Crippen molar-refractivity contribution in [2.24, 2.45) is 5.73 Å². The van der Waals surface area contributed by atoms with Crippen molar-refractivity contribution in [1.29, 1.82) is 0 Å². The van der Waals surface area contributed by atoms with Gasteiger partial charge in [-0.25, -0.2) is 4.39 Å². The molecular weight excluding hydrogens is 105 g/mol. The van der Waals surface area contributed by atoms with Crippen molar-refractivity contribution in [1.82, 2.24) is 0 Å². The molecule has 0 aliphatic heterocycles. The molecule has 2 N–H and O–H groups in total. The van der Waals surface area contributed by atoms with Gasteiger partial charge in [-0.05, 0) is 18.9 Å². The quantitative estimate of drug-likeness (QED) is 0.506. The van der Waals surface area contributed by atoms with E-state index < -0.39 is 0 Å². The maximum atomic E-state index is 12.2. The van der Waals surface area contributed by atoms with Crippen LogP contribution in [-0.2, 0) is 0 Å². The molecule has 0 amide bonds. The van der Waals surface area contributed by atoms with Crippen LogP contribution in [0, 0.1) is 0 Å². The highest BCUT2D eigenvalue weighted by molar-refractivity contribution is 5.24. The summed E-state index contributed by atoms with van der Waals surface area (Å²) in [6.07, 6.45) is 4.87. The van der Waals surface area contributed by atoms with Crippen molar-refractivity contribution >= 4 is 0 Å². The summed E-state index contributed by atoms with van der Waals surface area (Å²) in [5.41, 5.74) is 5.48. The lowest BCUT2D eigenvalue weighted by atomic mass is 10.1. The number of hydrogen-bond donors (Lipinski definition) is 1.